The summed E-state index contributed by atoms with van der Waals surface area (Å²) in [5.74, 6) is 0. The maximum atomic E-state index is 12.8. The minimum Gasteiger partial charge on any atom is -0.380 e. The summed E-state index contributed by atoms with van der Waals surface area (Å²) in [6, 6.07) is 3.45. The van der Waals surface area contributed by atoms with Crippen LogP contribution in [0.25, 0.3) is 0 Å². The van der Waals surface area contributed by atoms with Crippen molar-refractivity contribution in [2.75, 3.05) is 18.5 Å². The highest BCUT2D eigenvalue weighted by molar-refractivity contribution is 6.30. The van der Waals surface area contributed by atoms with E-state index in [-0.39, 0.29) is 16.8 Å². The van der Waals surface area contributed by atoms with Gasteiger partial charge in [0.15, 0.2) is 0 Å². The molecule has 0 fully saturated rings. The Balaban J connectivity index is 2.88. The number of hydrogen-bond donors (Lipinski definition) is 1. The van der Waals surface area contributed by atoms with Gasteiger partial charge in [-0.2, -0.15) is 13.2 Å². The van der Waals surface area contributed by atoms with Gasteiger partial charge in [-0.25, -0.2) is 0 Å². The highest BCUT2D eigenvalue weighted by atomic mass is 35.5. The van der Waals surface area contributed by atoms with E-state index in [1.165, 1.54) is 12.1 Å². The molecule has 0 aliphatic heterocycles. The van der Waals surface area contributed by atoms with Gasteiger partial charge in [0.05, 0.1) is 12.2 Å². The van der Waals surface area contributed by atoms with Crippen LogP contribution in [0.15, 0.2) is 18.2 Å². The van der Waals surface area contributed by atoms with Crippen molar-refractivity contribution < 1.29 is 17.9 Å². The van der Waals surface area contributed by atoms with Crippen LogP contribution >= 0.6 is 11.6 Å². The predicted molar refractivity (Wildman–Crippen MR) is 66.0 cm³/mol. The number of anilines is 1. The van der Waals surface area contributed by atoms with Gasteiger partial charge >= 0.3 is 6.18 Å². The highest BCUT2D eigenvalue weighted by Gasteiger charge is 2.34. The first-order valence-corrected chi connectivity index (χ1v) is 5.93. The molecule has 0 amide bonds. The molecule has 1 atom stereocenters. The molecular formula is C12H15ClF3NO. The molecule has 0 spiro atoms. The molecule has 1 aromatic carbocycles. The third-order valence-corrected chi connectivity index (χ3v) is 2.50. The van der Waals surface area contributed by atoms with Crippen molar-refractivity contribution in [2.24, 2.45) is 0 Å². The van der Waals surface area contributed by atoms with Gasteiger partial charge < -0.3 is 10.1 Å². The van der Waals surface area contributed by atoms with Crippen LogP contribution in [0.3, 0.4) is 0 Å². The zero-order valence-corrected chi connectivity index (χ0v) is 10.9. The Morgan fingerprint density at radius 3 is 2.61 bits per heavy atom. The molecule has 1 rings (SSSR count). The standard InChI is InChI=1S/C12H15ClF3NO/c1-3-18-7-8(2)17-11-5-4-9(13)6-10(11)12(14,15)16/h4-6,8,17H,3,7H2,1-2H3. The third-order valence-electron chi connectivity index (χ3n) is 2.26. The van der Waals surface area contributed by atoms with Crippen LogP contribution in [0.5, 0.6) is 0 Å². The fourth-order valence-electron chi connectivity index (χ4n) is 1.48. The highest BCUT2D eigenvalue weighted by Crippen LogP contribution is 2.36. The van der Waals surface area contributed by atoms with E-state index < -0.39 is 11.7 Å². The molecule has 1 N–H and O–H groups in total. The van der Waals surface area contributed by atoms with Crippen LogP contribution in [0.4, 0.5) is 18.9 Å². The smallest absolute Gasteiger partial charge is 0.380 e. The van der Waals surface area contributed by atoms with Crippen molar-refractivity contribution in [3.05, 3.63) is 28.8 Å². The van der Waals surface area contributed by atoms with E-state index in [4.69, 9.17) is 16.3 Å². The third kappa shape index (κ3) is 4.38. The normalized spacial score (nSPS) is 13.4. The lowest BCUT2D eigenvalue weighted by Gasteiger charge is -2.19. The van der Waals surface area contributed by atoms with Crippen molar-refractivity contribution in [3.8, 4) is 0 Å². The number of rotatable bonds is 5. The van der Waals surface area contributed by atoms with Gasteiger partial charge in [0.25, 0.3) is 0 Å². The zero-order chi connectivity index (χ0) is 13.8. The van der Waals surface area contributed by atoms with Gasteiger partial charge in [-0.15, -0.1) is 0 Å². The molecule has 6 heteroatoms. The lowest BCUT2D eigenvalue weighted by atomic mass is 10.1. The van der Waals surface area contributed by atoms with Gasteiger partial charge in [0.1, 0.15) is 0 Å². The number of halogens is 4. The summed E-state index contributed by atoms with van der Waals surface area (Å²) in [6.45, 7) is 4.45. The SMILES string of the molecule is CCOCC(C)Nc1ccc(Cl)cc1C(F)(F)F. The van der Waals surface area contributed by atoms with Crippen LogP contribution in [-0.2, 0) is 10.9 Å². The summed E-state index contributed by atoms with van der Waals surface area (Å²) in [4.78, 5) is 0. The van der Waals surface area contributed by atoms with Gasteiger partial charge in [-0.05, 0) is 32.0 Å². The van der Waals surface area contributed by atoms with Gasteiger partial charge in [0.2, 0.25) is 0 Å². The topological polar surface area (TPSA) is 21.3 Å². The molecule has 1 unspecified atom stereocenters. The summed E-state index contributed by atoms with van der Waals surface area (Å²) in [7, 11) is 0. The van der Waals surface area contributed by atoms with Gasteiger partial charge in [0, 0.05) is 23.4 Å². The largest absolute Gasteiger partial charge is 0.418 e. The van der Waals surface area contributed by atoms with E-state index in [0.29, 0.717) is 13.2 Å². The number of alkyl halides is 3. The van der Waals surface area contributed by atoms with E-state index >= 15 is 0 Å². The van der Waals surface area contributed by atoms with Gasteiger partial charge in [-0.1, -0.05) is 11.6 Å². The van der Waals surface area contributed by atoms with Crippen LogP contribution in [0.2, 0.25) is 5.02 Å². The Kier molecular flexibility index (Phi) is 5.28. The fourth-order valence-corrected chi connectivity index (χ4v) is 1.65. The van der Waals surface area contributed by atoms with E-state index in [1.807, 2.05) is 6.92 Å². The van der Waals surface area contributed by atoms with E-state index in [9.17, 15) is 13.2 Å². The molecular weight excluding hydrogens is 267 g/mol. The first-order chi connectivity index (χ1) is 8.34. The number of hydrogen-bond acceptors (Lipinski definition) is 2. The maximum Gasteiger partial charge on any atom is 0.418 e. The number of ether oxygens (including phenoxy) is 1. The number of benzene rings is 1. The minimum absolute atomic E-state index is 0.0131. The Hall–Kier alpha value is -0.940. The second-order valence-corrected chi connectivity index (χ2v) is 4.33. The van der Waals surface area contributed by atoms with Crippen LogP contribution in [-0.4, -0.2) is 19.3 Å². The Morgan fingerprint density at radius 1 is 1.39 bits per heavy atom. The molecule has 0 radical (unpaired) electrons. The van der Waals surface area contributed by atoms with Crippen LogP contribution in [0.1, 0.15) is 19.4 Å². The summed E-state index contributed by atoms with van der Waals surface area (Å²) < 4.78 is 43.5. The van der Waals surface area contributed by atoms with E-state index in [0.717, 1.165) is 6.07 Å². The average Bonchev–Trinajstić information content (AvgIpc) is 2.27. The molecule has 0 bridgehead atoms. The molecule has 102 valence electrons. The molecule has 18 heavy (non-hydrogen) atoms. The Bertz CT molecular complexity index is 395. The molecule has 0 saturated carbocycles. The van der Waals surface area contributed by atoms with Crippen molar-refractivity contribution in [1.29, 1.82) is 0 Å². The van der Waals surface area contributed by atoms with Gasteiger partial charge in [-0.3, -0.25) is 0 Å². The van der Waals surface area contributed by atoms with Crippen molar-refractivity contribution in [3.63, 3.8) is 0 Å². The monoisotopic (exact) mass is 281 g/mol. The molecule has 0 aliphatic rings. The molecule has 2 nitrogen and oxygen atoms in total. The summed E-state index contributed by atoms with van der Waals surface area (Å²) in [5, 5.41) is 2.84. The first-order valence-electron chi connectivity index (χ1n) is 5.55. The zero-order valence-electron chi connectivity index (χ0n) is 10.1. The molecule has 0 saturated heterocycles. The summed E-state index contributed by atoms with van der Waals surface area (Å²) in [5.41, 5.74) is -0.752. The van der Waals surface area contributed by atoms with Crippen molar-refractivity contribution in [2.45, 2.75) is 26.1 Å². The summed E-state index contributed by atoms with van der Waals surface area (Å²) >= 11 is 5.59. The van der Waals surface area contributed by atoms with Crippen molar-refractivity contribution in [1.82, 2.24) is 0 Å². The molecule has 0 aliphatic carbocycles. The predicted octanol–water partition coefficient (Wildman–Crippen LogP) is 4.20. The number of nitrogens with one attached hydrogen (secondary N) is 1. The molecule has 1 aromatic rings. The molecule has 0 aromatic heterocycles. The van der Waals surface area contributed by atoms with Crippen LogP contribution < -0.4 is 5.32 Å². The quantitative estimate of drug-likeness (QED) is 0.873. The second-order valence-electron chi connectivity index (χ2n) is 3.89. The second kappa shape index (κ2) is 6.29. The van der Waals surface area contributed by atoms with Crippen LogP contribution in [0, 0.1) is 0 Å². The fraction of sp³-hybridized carbons (Fsp3) is 0.500. The summed E-state index contributed by atoms with van der Waals surface area (Å²) in [6.07, 6.45) is -4.43. The average molecular weight is 282 g/mol. The molecule has 0 heterocycles. The lowest BCUT2D eigenvalue weighted by molar-refractivity contribution is -0.137. The van der Waals surface area contributed by atoms with E-state index in [1.54, 1.807) is 6.92 Å². The lowest BCUT2D eigenvalue weighted by Crippen LogP contribution is -2.23. The first kappa shape index (κ1) is 15.1. The maximum absolute atomic E-state index is 12.8. The van der Waals surface area contributed by atoms with Crippen molar-refractivity contribution >= 4 is 17.3 Å². The Labute approximate surface area is 109 Å². The minimum atomic E-state index is -4.43. The van der Waals surface area contributed by atoms with E-state index in [2.05, 4.69) is 5.32 Å². The Morgan fingerprint density at radius 2 is 2.06 bits per heavy atom.